The van der Waals surface area contributed by atoms with Gasteiger partial charge >= 0.3 is 0 Å². The number of hydrogen-bond acceptors (Lipinski definition) is 1. The van der Waals surface area contributed by atoms with Crippen molar-refractivity contribution in [3.05, 3.63) is 68.7 Å². The first-order valence-electron chi connectivity index (χ1n) is 6.82. The van der Waals surface area contributed by atoms with Gasteiger partial charge in [-0.3, -0.25) is 0 Å². The third-order valence-corrected chi connectivity index (χ3v) is 4.03. The van der Waals surface area contributed by atoms with E-state index < -0.39 is 0 Å². The summed E-state index contributed by atoms with van der Waals surface area (Å²) in [5.41, 5.74) is 2.87. The van der Waals surface area contributed by atoms with Crippen molar-refractivity contribution in [1.29, 1.82) is 0 Å². The van der Waals surface area contributed by atoms with Crippen LogP contribution in [-0.4, -0.2) is 0 Å². The van der Waals surface area contributed by atoms with Gasteiger partial charge < -0.3 is 5.32 Å². The van der Waals surface area contributed by atoms with Crippen LogP contribution in [0.1, 0.15) is 35.2 Å². The molecule has 2 aromatic rings. The highest BCUT2D eigenvalue weighted by molar-refractivity contribution is 9.10. The number of benzene rings is 2. The smallest absolute Gasteiger partial charge is 0.129 e. The van der Waals surface area contributed by atoms with E-state index in [0.29, 0.717) is 23.2 Å². The quantitative estimate of drug-likeness (QED) is 0.796. The van der Waals surface area contributed by atoms with Crippen molar-refractivity contribution < 1.29 is 8.78 Å². The van der Waals surface area contributed by atoms with Crippen LogP contribution in [0.4, 0.5) is 8.78 Å². The first-order chi connectivity index (χ1) is 9.88. The van der Waals surface area contributed by atoms with Crippen LogP contribution in [0.25, 0.3) is 0 Å². The van der Waals surface area contributed by atoms with E-state index in [4.69, 9.17) is 0 Å². The number of nitrogens with one attached hydrogen (secondary N) is 1. The first-order valence-corrected chi connectivity index (χ1v) is 7.61. The van der Waals surface area contributed by atoms with Crippen LogP contribution in [0.15, 0.2) is 34.8 Å². The summed E-state index contributed by atoms with van der Waals surface area (Å²) in [6.45, 7) is 5.98. The molecule has 0 heterocycles. The summed E-state index contributed by atoms with van der Waals surface area (Å²) in [6, 6.07) is 8.41. The summed E-state index contributed by atoms with van der Waals surface area (Å²) in [5.74, 6) is -0.394. The van der Waals surface area contributed by atoms with Crippen LogP contribution >= 0.6 is 15.9 Å². The average Bonchev–Trinajstić information content (AvgIpc) is 2.44. The van der Waals surface area contributed by atoms with Crippen LogP contribution in [0.2, 0.25) is 0 Å². The van der Waals surface area contributed by atoms with E-state index in [-0.39, 0.29) is 17.7 Å². The molecule has 0 aromatic heterocycles. The number of aryl methyl sites for hydroxylation is 2. The highest BCUT2D eigenvalue weighted by Gasteiger charge is 2.12. The zero-order valence-corrected chi connectivity index (χ0v) is 13.9. The summed E-state index contributed by atoms with van der Waals surface area (Å²) in [5, 5.41) is 3.27. The van der Waals surface area contributed by atoms with E-state index >= 15 is 0 Å². The van der Waals surface area contributed by atoms with Crippen molar-refractivity contribution in [3.63, 3.8) is 0 Å². The minimum atomic E-state index is -0.232. The van der Waals surface area contributed by atoms with Gasteiger partial charge in [-0.2, -0.15) is 0 Å². The molecule has 2 rings (SSSR count). The Labute approximate surface area is 132 Å². The maximum atomic E-state index is 13.8. The summed E-state index contributed by atoms with van der Waals surface area (Å²) < 4.78 is 28.3. The molecular weight excluding hydrogens is 336 g/mol. The summed E-state index contributed by atoms with van der Waals surface area (Å²) in [7, 11) is 0. The van der Waals surface area contributed by atoms with Gasteiger partial charge in [0.2, 0.25) is 0 Å². The summed E-state index contributed by atoms with van der Waals surface area (Å²) in [4.78, 5) is 0. The van der Waals surface area contributed by atoms with E-state index in [1.165, 1.54) is 6.07 Å². The lowest BCUT2D eigenvalue weighted by Gasteiger charge is -2.16. The van der Waals surface area contributed by atoms with Crippen molar-refractivity contribution >= 4 is 15.9 Å². The lowest BCUT2D eigenvalue weighted by atomic mass is 10.0. The molecule has 2 aromatic carbocycles. The minimum Gasteiger partial charge on any atom is -0.306 e. The topological polar surface area (TPSA) is 12.0 Å². The molecule has 112 valence electrons. The second-order valence-corrected chi connectivity index (χ2v) is 6.23. The second kappa shape index (κ2) is 6.67. The van der Waals surface area contributed by atoms with Gasteiger partial charge in [-0.1, -0.05) is 28.1 Å². The van der Waals surface area contributed by atoms with Crippen molar-refractivity contribution in [3.8, 4) is 0 Å². The third-order valence-electron chi connectivity index (χ3n) is 3.53. The van der Waals surface area contributed by atoms with E-state index in [0.717, 1.165) is 10.0 Å². The fraction of sp³-hybridized carbons (Fsp3) is 0.294. The Morgan fingerprint density at radius 1 is 1.10 bits per heavy atom. The number of hydrogen-bond donors (Lipinski definition) is 1. The van der Waals surface area contributed by atoms with E-state index in [2.05, 4.69) is 21.2 Å². The molecule has 4 heteroatoms. The van der Waals surface area contributed by atoms with Gasteiger partial charge in [0.15, 0.2) is 0 Å². The highest BCUT2D eigenvalue weighted by atomic mass is 79.9. The average molecular weight is 354 g/mol. The molecule has 0 radical (unpaired) electrons. The minimum absolute atomic E-state index is 0.131. The fourth-order valence-corrected chi connectivity index (χ4v) is 2.74. The van der Waals surface area contributed by atoms with Crippen molar-refractivity contribution in [2.45, 2.75) is 33.4 Å². The van der Waals surface area contributed by atoms with Crippen molar-refractivity contribution in [1.82, 2.24) is 5.32 Å². The van der Waals surface area contributed by atoms with Gasteiger partial charge in [0.1, 0.15) is 11.6 Å². The molecule has 0 amide bonds. The lowest BCUT2D eigenvalue weighted by Crippen LogP contribution is -2.19. The number of halogens is 3. The molecule has 0 bridgehead atoms. The maximum absolute atomic E-state index is 13.8. The molecule has 0 aliphatic carbocycles. The second-order valence-electron chi connectivity index (χ2n) is 5.31. The van der Waals surface area contributed by atoms with Crippen LogP contribution in [-0.2, 0) is 6.54 Å². The maximum Gasteiger partial charge on any atom is 0.129 e. The lowest BCUT2D eigenvalue weighted by molar-refractivity contribution is 0.527. The molecule has 1 nitrogen and oxygen atoms in total. The Morgan fingerprint density at radius 2 is 1.71 bits per heavy atom. The summed E-state index contributed by atoms with van der Waals surface area (Å²) >= 11 is 3.35. The van der Waals surface area contributed by atoms with Crippen LogP contribution in [0, 0.1) is 25.5 Å². The molecule has 0 fully saturated rings. The molecule has 0 saturated heterocycles. The molecule has 0 aliphatic heterocycles. The molecule has 0 saturated carbocycles. The molecular formula is C17H18BrF2N. The standard InChI is InChI=1S/C17H18BrF2N/c1-10-6-13(7-11(2)17(10)20)9-21-12(3)15-8-14(18)4-5-16(15)19/h4-8,12,21H,9H2,1-3H3. The zero-order valence-electron chi connectivity index (χ0n) is 12.3. The van der Waals surface area contributed by atoms with Gasteiger partial charge in [0.05, 0.1) is 0 Å². The highest BCUT2D eigenvalue weighted by Crippen LogP contribution is 2.22. The summed E-state index contributed by atoms with van der Waals surface area (Å²) in [6.07, 6.45) is 0. The van der Waals surface area contributed by atoms with E-state index in [9.17, 15) is 8.78 Å². The monoisotopic (exact) mass is 353 g/mol. The first kappa shape index (κ1) is 16.1. The van der Waals surface area contributed by atoms with Crippen LogP contribution in [0.5, 0.6) is 0 Å². The Hall–Kier alpha value is -1.26. The zero-order chi connectivity index (χ0) is 15.6. The van der Waals surface area contributed by atoms with Crippen molar-refractivity contribution in [2.24, 2.45) is 0 Å². The molecule has 0 spiro atoms. The van der Waals surface area contributed by atoms with Gasteiger partial charge in [-0.25, -0.2) is 8.78 Å². The normalized spacial score (nSPS) is 12.5. The Balaban J connectivity index is 2.11. The molecule has 1 N–H and O–H groups in total. The van der Waals surface area contributed by atoms with E-state index in [1.54, 1.807) is 26.0 Å². The number of rotatable bonds is 4. The Bertz CT molecular complexity index is 632. The molecule has 1 unspecified atom stereocenters. The van der Waals surface area contributed by atoms with Gasteiger partial charge in [-0.05, 0) is 55.7 Å². The molecule has 21 heavy (non-hydrogen) atoms. The Kier molecular flexibility index (Phi) is 5.12. The predicted molar refractivity (Wildman–Crippen MR) is 85.2 cm³/mol. The predicted octanol–water partition coefficient (Wildman–Crippen LogP) is 5.19. The Morgan fingerprint density at radius 3 is 2.33 bits per heavy atom. The van der Waals surface area contributed by atoms with Gasteiger partial charge in [0.25, 0.3) is 0 Å². The van der Waals surface area contributed by atoms with E-state index in [1.807, 2.05) is 19.1 Å². The van der Waals surface area contributed by atoms with Crippen LogP contribution in [0.3, 0.4) is 0 Å². The molecule has 1 atom stereocenters. The fourth-order valence-electron chi connectivity index (χ4n) is 2.36. The van der Waals surface area contributed by atoms with Crippen molar-refractivity contribution in [2.75, 3.05) is 0 Å². The van der Waals surface area contributed by atoms with Gasteiger partial charge in [0, 0.05) is 22.6 Å². The molecule has 0 aliphatic rings. The largest absolute Gasteiger partial charge is 0.306 e. The van der Waals surface area contributed by atoms with Gasteiger partial charge in [-0.15, -0.1) is 0 Å². The SMILES string of the molecule is Cc1cc(CNC(C)c2cc(Br)ccc2F)cc(C)c1F. The third kappa shape index (κ3) is 3.89. The van der Waals surface area contributed by atoms with Crippen LogP contribution < -0.4 is 5.32 Å².